The average molecular weight is 714 g/mol. The molecule has 0 aliphatic carbocycles. The third kappa shape index (κ3) is 3.39. The summed E-state index contributed by atoms with van der Waals surface area (Å²) in [4.78, 5) is 42.6. The fraction of sp³-hybridized carbons (Fsp3) is 0. The van der Waals surface area contributed by atoms with Gasteiger partial charge in [-0.05, 0) is 92.0 Å². The predicted octanol–water partition coefficient (Wildman–Crippen LogP) is 5.18. The molecule has 25 heavy (non-hydrogen) atoms. The number of hydrogen-bond acceptors (Lipinski definition) is 4. The minimum absolute atomic E-state index is 0.0646. The number of rotatable bonds is 2. The Balaban J connectivity index is 1.98. The summed E-state index contributed by atoms with van der Waals surface area (Å²) in [6.45, 7) is 0. The Morgan fingerprint density at radius 3 is 1.88 bits per heavy atom. The van der Waals surface area contributed by atoms with Crippen LogP contribution < -0.4 is 0 Å². The molecule has 0 unspecified atom stereocenters. The van der Waals surface area contributed by atoms with E-state index in [0.717, 1.165) is 3.57 Å². The second-order valence-electron chi connectivity index (χ2n) is 4.78. The zero-order valence-electron chi connectivity index (χ0n) is 11.8. The van der Waals surface area contributed by atoms with E-state index in [1.54, 1.807) is 6.07 Å². The van der Waals surface area contributed by atoms with Crippen molar-refractivity contribution in [3.8, 4) is 0 Å². The summed E-state index contributed by atoms with van der Waals surface area (Å²) in [6, 6.07) is 6.41. The monoisotopic (exact) mass is 713 g/mol. The van der Waals surface area contributed by atoms with Gasteiger partial charge in [-0.25, -0.2) is 4.79 Å². The summed E-state index contributed by atoms with van der Waals surface area (Å²) in [5, 5.41) is 0.529. The maximum atomic E-state index is 12.6. The molecule has 0 radical (unpaired) electrons. The molecule has 1 aliphatic heterocycles. The zero-order chi connectivity index (χ0) is 18.5. The van der Waals surface area contributed by atoms with E-state index in [9.17, 15) is 14.4 Å². The van der Waals surface area contributed by atoms with Gasteiger partial charge in [-0.1, -0.05) is 28.3 Å². The predicted molar refractivity (Wildman–Crippen MR) is 117 cm³/mol. The van der Waals surface area contributed by atoms with Crippen molar-refractivity contribution in [3.63, 3.8) is 0 Å². The van der Waals surface area contributed by atoms with Crippen molar-refractivity contribution in [2.24, 2.45) is 0 Å². The molecule has 0 saturated heterocycles. The fourth-order valence-corrected chi connectivity index (χ4v) is 4.99. The van der Waals surface area contributed by atoms with E-state index in [2.05, 4.69) is 22.6 Å². The van der Waals surface area contributed by atoms with Gasteiger partial charge < -0.3 is 4.84 Å². The first-order valence-corrected chi connectivity index (χ1v) is 10.5. The Labute approximate surface area is 192 Å². The Hall–Kier alpha value is -0.180. The van der Waals surface area contributed by atoms with Crippen LogP contribution in [0.1, 0.15) is 31.1 Å². The van der Waals surface area contributed by atoms with Crippen LogP contribution in [0, 0.1) is 10.7 Å². The van der Waals surface area contributed by atoms with Crippen LogP contribution in [-0.4, -0.2) is 22.8 Å². The summed E-state index contributed by atoms with van der Waals surface area (Å²) in [5.74, 6) is -2.46. The molecule has 1 aliphatic rings. The van der Waals surface area contributed by atoms with E-state index in [-0.39, 0.29) is 26.7 Å². The standard InChI is InChI=1S/C15H4Cl2I3NO4/c16-5-1-2-6(17)10-9(5)13(22)21(14(10)23)25-15(24)11-7(18)3-4-8(19)12(11)20/h1-4H. The lowest BCUT2D eigenvalue weighted by Gasteiger charge is -2.14. The highest BCUT2D eigenvalue weighted by molar-refractivity contribution is 14.1. The minimum atomic E-state index is -0.823. The molecule has 0 spiro atoms. The maximum absolute atomic E-state index is 12.6. The zero-order valence-corrected chi connectivity index (χ0v) is 19.8. The summed E-state index contributed by atoms with van der Waals surface area (Å²) in [6.07, 6.45) is 0. The SMILES string of the molecule is O=C(ON1C(=O)c2c(Cl)ccc(Cl)c2C1=O)c1c(I)ccc(I)c1I. The number of benzene rings is 2. The second kappa shape index (κ2) is 7.44. The number of carbonyl (C=O) groups is 3. The van der Waals surface area contributed by atoms with E-state index in [1.165, 1.54) is 12.1 Å². The molecule has 0 aromatic heterocycles. The van der Waals surface area contributed by atoms with Crippen LogP contribution in [0.2, 0.25) is 10.0 Å². The molecule has 0 fully saturated rings. The Morgan fingerprint density at radius 1 is 0.880 bits per heavy atom. The van der Waals surface area contributed by atoms with Gasteiger partial charge in [0.25, 0.3) is 11.8 Å². The van der Waals surface area contributed by atoms with Gasteiger partial charge in [-0.2, -0.15) is 0 Å². The van der Waals surface area contributed by atoms with Gasteiger partial charge in [0.05, 0.1) is 26.7 Å². The van der Waals surface area contributed by atoms with Crippen LogP contribution in [0.3, 0.4) is 0 Å². The largest absolute Gasteiger partial charge is 0.366 e. The van der Waals surface area contributed by atoms with Gasteiger partial charge in [0.15, 0.2) is 0 Å². The van der Waals surface area contributed by atoms with Crippen molar-refractivity contribution in [3.05, 3.63) is 61.7 Å². The number of halogens is 5. The van der Waals surface area contributed by atoms with Gasteiger partial charge >= 0.3 is 5.97 Å². The lowest BCUT2D eigenvalue weighted by Crippen LogP contribution is -2.33. The number of amides is 2. The van der Waals surface area contributed by atoms with E-state index in [4.69, 9.17) is 28.0 Å². The quantitative estimate of drug-likeness (QED) is 0.245. The third-order valence-electron chi connectivity index (χ3n) is 3.32. The van der Waals surface area contributed by atoms with Crippen molar-refractivity contribution >= 4 is 109 Å². The third-order valence-corrected chi connectivity index (χ3v) is 7.90. The molecule has 0 N–H and O–H groups in total. The second-order valence-corrected chi connectivity index (χ2v) is 9.00. The molecule has 0 atom stereocenters. The van der Waals surface area contributed by atoms with E-state index < -0.39 is 17.8 Å². The van der Waals surface area contributed by atoms with Crippen LogP contribution in [0.25, 0.3) is 0 Å². The number of nitrogens with zero attached hydrogens (tertiary/aromatic N) is 1. The summed E-state index contributed by atoms with van der Waals surface area (Å²) < 4.78 is 2.15. The van der Waals surface area contributed by atoms with Gasteiger partial charge in [-0.3, -0.25) is 9.59 Å². The molecule has 0 bridgehead atoms. The van der Waals surface area contributed by atoms with Gasteiger partial charge in [0.2, 0.25) is 0 Å². The van der Waals surface area contributed by atoms with Crippen LogP contribution in [0.15, 0.2) is 24.3 Å². The normalized spacial score (nSPS) is 13.2. The lowest BCUT2D eigenvalue weighted by molar-refractivity contribution is -0.0586. The van der Waals surface area contributed by atoms with Gasteiger partial charge in [-0.15, -0.1) is 0 Å². The number of hydrogen-bond donors (Lipinski definition) is 0. The number of carbonyl (C=O) groups excluding carboxylic acids is 3. The molecule has 2 aromatic carbocycles. The van der Waals surface area contributed by atoms with Crippen molar-refractivity contribution in [2.75, 3.05) is 0 Å². The highest BCUT2D eigenvalue weighted by atomic mass is 127. The molecule has 5 nitrogen and oxygen atoms in total. The number of hydroxylamine groups is 2. The van der Waals surface area contributed by atoms with Gasteiger partial charge in [0, 0.05) is 10.7 Å². The topological polar surface area (TPSA) is 63.7 Å². The lowest BCUT2D eigenvalue weighted by atomic mass is 10.1. The molecule has 2 aromatic rings. The van der Waals surface area contributed by atoms with Crippen molar-refractivity contribution in [2.45, 2.75) is 0 Å². The van der Waals surface area contributed by atoms with Crippen LogP contribution >= 0.6 is 91.0 Å². The van der Waals surface area contributed by atoms with Crippen molar-refractivity contribution in [1.82, 2.24) is 5.06 Å². The first-order chi connectivity index (χ1) is 11.7. The smallest absolute Gasteiger partial charge is 0.324 e. The Morgan fingerprint density at radius 2 is 1.36 bits per heavy atom. The van der Waals surface area contributed by atoms with Crippen LogP contribution in [-0.2, 0) is 4.84 Å². The van der Waals surface area contributed by atoms with E-state index >= 15 is 0 Å². The highest BCUT2D eigenvalue weighted by Crippen LogP contribution is 2.35. The number of imide groups is 1. The van der Waals surface area contributed by atoms with Crippen molar-refractivity contribution in [1.29, 1.82) is 0 Å². The molecule has 1 heterocycles. The van der Waals surface area contributed by atoms with E-state index in [0.29, 0.717) is 12.2 Å². The first kappa shape index (κ1) is 19.6. The molecule has 2 amide bonds. The molecular weight excluding hydrogens is 710 g/mol. The highest BCUT2D eigenvalue weighted by Gasteiger charge is 2.42. The molecule has 10 heteroatoms. The van der Waals surface area contributed by atoms with Crippen molar-refractivity contribution < 1.29 is 19.2 Å². The molecule has 3 rings (SSSR count). The molecule has 128 valence electrons. The molecule has 0 saturated carbocycles. The van der Waals surface area contributed by atoms with Gasteiger partial charge in [0.1, 0.15) is 0 Å². The summed E-state index contributed by atoms with van der Waals surface area (Å²) >= 11 is 18.1. The van der Waals surface area contributed by atoms with Crippen LogP contribution in [0.4, 0.5) is 0 Å². The minimum Gasteiger partial charge on any atom is -0.324 e. The Bertz CT molecular complexity index is 923. The maximum Gasteiger partial charge on any atom is 0.366 e. The first-order valence-electron chi connectivity index (χ1n) is 6.46. The average Bonchev–Trinajstić information content (AvgIpc) is 2.81. The molecular formula is C15H4Cl2I3NO4. The summed E-state index contributed by atoms with van der Waals surface area (Å²) in [7, 11) is 0. The van der Waals surface area contributed by atoms with Crippen LogP contribution in [0.5, 0.6) is 0 Å². The van der Waals surface area contributed by atoms with E-state index in [1.807, 2.05) is 51.2 Å². The fourth-order valence-electron chi connectivity index (χ4n) is 2.19. The number of fused-ring (bicyclic) bond motifs is 1. The Kier molecular flexibility index (Phi) is 5.83. The summed E-state index contributed by atoms with van der Waals surface area (Å²) in [5.41, 5.74) is 0.139.